The fraction of sp³-hybridized carbons (Fsp3) is 0.381. The number of unbranched alkanes of at least 4 members (excludes halogenated alkanes) is 2. The molecule has 2 aromatic carbocycles. The molecule has 1 N–H and O–H groups in total. The zero-order valence-corrected chi connectivity index (χ0v) is 14.6. The van der Waals surface area contributed by atoms with Crippen LogP contribution in [0.1, 0.15) is 38.2 Å². The predicted octanol–water partition coefficient (Wildman–Crippen LogP) is 4.12. The minimum absolute atomic E-state index is 0.250. The van der Waals surface area contributed by atoms with Crippen molar-refractivity contribution in [1.29, 1.82) is 0 Å². The summed E-state index contributed by atoms with van der Waals surface area (Å²) in [4.78, 5) is 12.5. The Morgan fingerprint density at radius 2 is 1.64 bits per heavy atom. The predicted molar refractivity (Wildman–Crippen MR) is 97.2 cm³/mol. The highest BCUT2D eigenvalue weighted by Gasteiger charge is 2.29. The molecule has 0 aromatic heterocycles. The van der Waals surface area contributed by atoms with Crippen LogP contribution in [0.25, 0.3) is 0 Å². The molecule has 0 aliphatic carbocycles. The van der Waals surface area contributed by atoms with Crippen LogP contribution in [0.4, 0.5) is 0 Å². The second kappa shape index (κ2) is 10.6. The van der Waals surface area contributed by atoms with Crippen LogP contribution in [-0.4, -0.2) is 23.3 Å². The highest BCUT2D eigenvalue weighted by molar-refractivity contribution is 5.77. The molecule has 2 rings (SSSR count). The van der Waals surface area contributed by atoms with Crippen molar-refractivity contribution in [3.63, 3.8) is 0 Å². The number of carbonyl (C=O) groups is 1. The number of para-hydroxylation sites is 1. The van der Waals surface area contributed by atoms with Gasteiger partial charge in [0, 0.05) is 0 Å². The van der Waals surface area contributed by atoms with Crippen molar-refractivity contribution in [2.75, 3.05) is 0 Å². The number of rotatable bonds is 10. The van der Waals surface area contributed by atoms with E-state index in [9.17, 15) is 9.90 Å². The molecule has 4 nitrogen and oxygen atoms in total. The van der Waals surface area contributed by atoms with E-state index in [0.717, 1.165) is 24.8 Å². The van der Waals surface area contributed by atoms with Gasteiger partial charge in [0.15, 0.2) is 6.10 Å². The first kappa shape index (κ1) is 19.2. The molecule has 0 saturated heterocycles. The molecular weight excluding hydrogens is 316 g/mol. The Bertz CT molecular complexity index is 612. The first-order valence-electron chi connectivity index (χ1n) is 8.81. The van der Waals surface area contributed by atoms with Crippen LogP contribution in [0.3, 0.4) is 0 Å². The third-order valence-corrected chi connectivity index (χ3v) is 3.92. The van der Waals surface area contributed by atoms with Crippen molar-refractivity contribution in [3.05, 3.63) is 66.2 Å². The summed E-state index contributed by atoms with van der Waals surface area (Å²) >= 11 is 0. The summed E-state index contributed by atoms with van der Waals surface area (Å²) in [5, 5.41) is 10.4. The number of aliphatic hydroxyl groups is 1. The molecule has 0 bridgehead atoms. The molecule has 2 aromatic rings. The van der Waals surface area contributed by atoms with Gasteiger partial charge in [-0.05, 0) is 24.1 Å². The van der Waals surface area contributed by atoms with Gasteiger partial charge in [0.2, 0.25) is 0 Å². The number of hydrogen-bond acceptors (Lipinski definition) is 4. The van der Waals surface area contributed by atoms with Gasteiger partial charge in [-0.2, -0.15) is 0 Å². The minimum Gasteiger partial charge on any atom is -0.425 e. The molecule has 0 spiro atoms. The lowest BCUT2D eigenvalue weighted by atomic mass is 10.1. The van der Waals surface area contributed by atoms with Crippen LogP contribution in [0.15, 0.2) is 60.7 Å². The molecule has 0 saturated carbocycles. The van der Waals surface area contributed by atoms with Crippen LogP contribution in [0, 0.1) is 0 Å². The van der Waals surface area contributed by atoms with Crippen molar-refractivity contribution >= 4 is 5.97 Å². The van der Waals surface area contributed by atoms with Gasteiger partial charge < -0.3 is 14.6 Å². The van der Waals surface area contributed by atoms with E-state index in [4.69, 9.17) is 9.47 Å². The second-order valence-corrected chi connectivity index (χ2v) is 6.01. The Morgan fingerprint density at radius 1 is 1.00 bits per heavy atom. The molecule has 25 heavy (non-hydrogen) atoms. The Hall–Kier alpha value is -2.17. The number of carbonyl (C=O) groups excluding carboxylic acids is 1. The lowest BCUT2D eigenvalue weighted by molar-refractivity contribution is -0.157. The van der Waals surface area contributed by atoms with Crippen LogP contribution in [0.2, 0.25) is 0 Å². The van der Waals surface area contributed by atoms with E-state index in [1.807, 2.05) is 36.4 Å². The van der Waals surface area contributed by atoms with Gasteiger partial charge in [0.25, 0.3) is 0 Å². The van der Waals surface area contributed by atoms with Crippen molar-refractivity contribution in [2.45, 2.75) is 51.4 Å². The van der Waals surface area contributed by atoms with Gasteiger partial charge >= 0.3 is 5.97 Å². The summed E-state index contributed by atoms with van der Waals surface area (Å²) in [6.07, 6.45) is 1.54. The lowest BCUT2D eigenvalue weighted by Gasteiger charge is -2.22. The fourth-order valence-corrected chi connectivity index (χ4v) is 2.51. The first-order chi connectivity index (χ1) is 12.2. The zero-order valence-electron chi connectivity index (χ0n) is 14.6. The van der Waals surface area contributed by atoms with Gasteiger partial charge in [0.05, 0.1) is 12.7 Å². The van der Waals surface area contributed by atoms with Crippen LogP contribution in [0.5, 0.6) is 5.75 Å². The molecule has 0 heterocycles. The smallest absolute Gasteiger partial charge is 0.343 e. The molecule has 4 heteroatoms. The highest BCUT2D eigenvalue weighted by Crippen LogP contribution is 2.16. The quantitative estimate of drug-likeness (QED) is 0.401. The number of aliphatic hydroxyl groups excluding tert-OH is 1. The number of benzene rings is 2. The second-order valence-electron chi connectivity index (χ2n) is 6.01. The average Bonchev–Trinajstić information content (AvgIpc) is 2.64. The van der Waals surface area contributed by atoms with Crippen molar-refractivity contribution < 1.29 is 19.4 Å². The summed E-state index contributed by atoms with van der Waals surface area (Å²) in [5.41, 5.74) is 0.945. The molecule has 134 valence electrons. The molecule has 0 aliphatic heterocycles. The van der Waals surface area contributed by atoms with Gasteiger partial charge in [0.1, 0.15) is 5.75 Å². The fourth-order valence-electron chi connectivity index (χ4n) is 2.51. The van der Waals surface area contributed by atoms with E-state index in [-0.39, 0.29) is 6.61 Å². The van der Waals surface area contributed by atoms with Gasteiger partial charge in [-0.15, -0.1) is 0 Å². The number of hydrogen-bond donors (Lipinski definition) is 1. The molecule has 2 atom stereocenters. The molecule has 0 aliphatic rings. The minimum atomic E-state index is -1.00. The van der Waals surface area contributed by atoms with Crippen molar-refractivity contribution in [2.24, 2.45) is 0 Å². The lowest BCUT2D eigenvalue weighted by Crippen LogP contribution is -2.39. The maximum Gasteiger partial charge on any atom is 0.343 e. The van der Waals surface area contributed by atoms with Crippen LogP contribution >= 0.6 is 0 Å². The standard InChI is InChI=1S/C21H26O4/c1-2-3-6-15-19(22)20(24-16-17-11-7-4-8-12-17)21(23)25-18-13-9-5-10-14-18/h4-5,7-14,19-20,22H,2-3,6,15-16H2,1H3/t19-,20+/m1/s1. The largest absolute Gasteiger partial charge is 0.425 e. The maximum absolute atomic E-state index is 12.5. The van der Waals surface area contributed by atoms with Gasteiger partial charge in [-0.3, -0.25) is 0 Å². The highest BCUT2D eigenvalue weighted by atomic mass is 16.6. The van der Waals surface area contributed by atoms with Crippen LogP contribution < -0.4 is 4.74 Å². The molecule has 0 amide bonds. The van der Waals surface area contributed by atoms with E-state index < -0.39 is 18.2 Å². The Morgan fingerprint density at radius 3 is 2.28 bits per heavy atom. The van der Waals surface area contributed by atoms with E-state index in [0.29, 0.717) is 12.2 Å². The Labute approximate surface area is 149 Å². The third-order valence-electron chi connectivity index (χ3n) is 3.92. The summed E-state index contributed by atoms with van der Waals surface area (Å²) < 4.78 is 11.1. The SMILES string of the molecule is CCCCC[C@@H](O)[C@H](OCc1ccccc1)C(=O)Oc1ccccc1. The number of esters is 1. The normalized spacial score (nSPS) is 13.2. The molecule has 0 fully saturated rings. The van der Waals surface area contributed by atoms with E-state index in [2.05, 4.69) is 6.92 Å². The van der Waals surface area contributed by atoms with E-state index in [1.165, 1.54) is 0 Å². The van der Waals surface area contributed by atoms with Gasteiger partial charge in [-0.1, -0.05) is 74.7 Å². The van der Waals surface area contributed by atoms with E-state index >= 15 is 0 Å². The monoisotopic (exact) mass is 342 g/mol. The first-order valence-corrected chi connectivity index (χ1v) is 8.81. The van der Waals surface area contributed by atoms with E-state index in [1.54, 1.807) is 24.3 Å². The maximum atomic E-state index is 12.5. The molecule has 0 radical (unpaired) electrons. The zero-order chi connectivity index (χ0) is 17.9. The van der Waals surface area contributed by atoms with Gasteiger partial charge in [-0.25, -0.2) is 4.79 Å². The molecular formula is C21H26O4. The van der Waals surface area contributed by atoms with Crippen LogP contribution in [-0.2, 0) is 16.1 Å². The third kappa shape index (κ3) is 6.69. The molecule has 0 unspecified atom stereocenters. The summed E-state index contributed by atoms with van der Waals surface area (Å²) in [5.74, 6) is -0.118. The summed E-state index contributed by atoms with van der Waals surface area (Å²) in [7, 11) is 0. The topological polar surface area (TPSA) is 55.8 Å². The van der Waals surface area contributed by atoms with Crippen molar-refractivity contribution in [1.82, 2.24) is 0 Å². The Kier molecular flexibility index (Phi) is 8.16. The summed E-state index contributed by atoms with van der Waals surface area (Å²) in [6.45, 7) is 2.35. The average molecular weight is 342 g/mol. The summed E-state index contributed by atoms with van der Waals surface area (Å²) in [6, 6.07) is 18.4. The van der Waals surface area contributed by atoms with Crippen molar-refractivity contribution in [3.8, 4) is 5.75 Å². The number of ether oxygens (including phenoxy) is 2. The Balaban J connectivity index is 2.00.